The van der Waals surface area contributed by atoms with E-state index in [4.69, 9.17) is 4.74 Å². The number of benzene rings is 2. The molecule has 2 aromatic rings. The quantitative estimate of drug-likeness (QED) is 0.606. The number of nitrogens with zero attached hydrogens (tertiary/aromatic N) is 1. The zero-order chi connectivity index (χ0) is 21.8. The Morgan fingerprint density at radius 2 is 1.72 bits per heavy atom. The molecular formula is C18H19BrFN3O5S. The molecule has 2 amide bonds. The fraction of sp³-hybridized carbons (Fsp3) is 0.222. The minimum atomic E-state index is -3.77. The number of carbonyl (C=O) groups excluding carboxylic acids is 2. The van der Waals surface area contributed by atoms with Gasteiger partial charge in [0.05, 0.1) is 4.90 Å². The van der Waals surface area contributed by atoms with E-state index < -0.39 is 33.8 Å². The zero-order valence-electron chi connectivity index (χ0n) is 15.8. The van der Waals surface area contributed by atoms with Crippen molar-refractivity contribution in [3.63, 3.8) is 0 Å². The molecule has 29 heavy (non-hydrogen) atoms. The standard InChI is InChI=1S/C18H19BrFN3O5S/c1-11(28-14-7-5-13(20)6-8-14)17(24)21-22-18(25)12-4-9-15(19)16(10-12)29(26,27)23(2)3/h4-11H,1-3H3,(H,21,24)(H,22,25). The first-order chi connectivity index (χ1) is 13.5. The van der Waals surface area contributed by atoms with Gasteiger partial charge in [0, 0.05) is 24.1 Å². The fourth-order valence-corrected chi connectivity index (χ4v) is 3.95. The van der Waals surface area contributed by atoms with Gasteiger partial charge >= 0.3 is 0 Å². The highest BCUT2D eigenvalue weighted by Crippen LogP contribution is 2.25. The van der Waals surface area contributed by atoms with E-state index in [1.807, 2.05) is 0 Å². The zero-order valence-corrected chi connectivity index (χ0v) is 18.2. The number of amides is 2. The molecule has 2 aromatic carbocycles. The lowest BCUT2D eigenvalue weighted by Gasteiger charge is -2.16. The number of ether oxygens (including phenoxy) is 1. The molecule has 2 rings (SSSR count). The molecular weight excluding hydrogens is 469 g/mol. The van der Waals surface area contributed by atoms with Crippen LogP contribution in [0.3, 0.4) is 0 Å². The molecule has 1 unspecified atom stereocenters. The number of halogens is 2. The summed E-state index contributed by atoms with van der Waals surface area (Å²) in [7, 11) is -1.03. The van der Waals surface area contributed by atoms with Gasteiger partial charge in [-0.3, -0.25) is 20.4 Å². The molecule has 0 bridgehead atoms. The third kappa shape index (κ3) is 5.75. The van der Waals surface area contributed by atoms with Crippen LogP contribution < -0.4 is 15.6 Å². The van der Waals surface area contributed by atoms with Crippen LogP contribution in [0.2, 0.25) is 0 Å². The number of hydrazine groups is 1. The van der Waals surface area contributed by atoms with E-state index in [2.05, 4.69) is 26.8 Å². The van der Waals surface area contributed by atoms with Gasteiger partial charge in [-0.25, -0.2) is 17.1 Å². The SMILES string of the molecule is CC(Oc1ccc(F)cc1)C(=O)NNC(=O)c1ccc(Br)c(S(=O)(=O)N(C)C)c1. The molecule has 0 aliphatic carbocycles. The average molecular weight is 488 g/mol. The minimum absolute atomic E-state index is 0.0287. The Morgan fingerprint density at radius 3 is 2.31 bits per heavy atom. The van der Waals surface area contributed by atoms with E-state index in [1.165, 1.54) is 63.5 Å². The van der Waals surface area contributed by atoms with Gasteiger partial charge in [-0.15, -0.1) is 0 Å². The molecule has 0 saturated heterocycles. The maximum atomic E-state index is 12.9. The van der Waals surface area contributed by atoms with Gasteiger partial charge in [0.15, 0.2) is 6.10 Å². The predicted octanol–water partition coefficient (Wildman–Crippen LogP) is 2.07. The van der Waals surface area contributed by atoms with Gasteiger partial charge in [0.2, 0.25) is 10.0 Å². The summed E-state index contributed by atoms with van der Waals surface area (Å²) >= 11 is 3.15. The lowest BCUT2D eigenvalue weighted by Crippen LogP contribution is -2.47. The first-order valence-corrected chi connectivity index (χ1v) is 10.5. The van der Waals surface area contributed by atoms with Crippen molar-refractivity contribution in [2.75, 3.05) is 14.1 Å². The van der Waals surface area contributed by atoms with Gasteiger partial charge in [-0.05, 0) is 65.3 Å². The third-order valence-corrected chi connectivity index (χ3v) is 6.56. The molecule has 0 radical (unpaired) electrons. The van der Waals surface area contributed by atoms with Crippen molar-refractivity contribution in [2.24, 2.45) is 0 Å². The molecule has 0 aliphatic heterocycles. The van der Waals surface area contributed by atoms with Gasteiger partial charge in [-0.1, -0.05) is 0 Å². The highest BCUT2D eigenvalue weighted by molar-refractivity contribution is 9.10. The summed E-state index contributed by atoms with van der Waals surface area (Å²) in [5.41, 5.74) is 4.43. The smallest absolute Gasteiger partial charge is 0.279 e. The Labute approximate surface area is 176 Å². The molecule has 1 atom stereocenters. The Balaban J connectivity index is 2.03. The van der Waals surface area contributed by atoms with Crippen LogP contribution in [0.25, 0.3) is 0 Å². The molecule has 0 heterocycles. The number of sulfonamides is 1. The highest BCUT2D eigenvalue weighted by atomic mass is 79.9. The second kappa shape index (κ2) is 9.33. The van der Waals surface area contributed by atoms with Crippen LogP contribution in [0.5, 0.6) is 5.75 Å². The number of hydrogen-bond donors (Lipinski definition) is 2. The summed E-state index contributed by atoms with van der Waals surface area (Å²) in [5.74, 6) is -1.52. The van der Waals surface area contributed by atoms with E-state index in [-0.39, 0.29) is 16.2 Å². The van der Waals surface area contributed by atoms with Crippen molar-refractivity contribution in [2.45, 2.75) is 17.9 Å². The maximum Gasteiger partial charge on any atom is 0.279 e. The Kier molecular flexibility index (Phi) is 7.33. The molecule has 0 aliphatic rings. The van der Waals surface area contributed by atoms with E-state index in [0.29, 0.717) is 4.47 Å². The van der Waals surface area contributed by atoms with Crippen molar-refractivity contribution in [3.05, 3.63) is 58.3 Å². The molecule has 0 fully saturated rings. The van der Waals surface area contributed by atoms with Crippen LogP contribution in [-0.2, 0) is 14.8 Å². The summed E-state index contributed by atoms with van der Waals surface area (Å²) in [4.78, 5) is 24.3. The largest absolute Gasteiger partial charge is 0.481 e. The molecule has 11 heteroatoms. The normalized spacial score (nSPS) is 12.3. The van der Waals surface area contributed by atoms with Crippen LogP contribution in [0, 0.1) is 5.82 Å². The Morgan fingerprint density at radius 1 is 1.10 bits per heavy atom. The lowest BCUT2D eigenvalue weighted by molar-refractivity contribution is -0.128. The van der Waals surface area contributed by atoms with Crippen LogP contribution in [0.15, 0.2) is 51.8 Å². The predicted molar refractivity (Wildman–Crippen MR) is 107 cm³/mol. The molecule has 156 valence electrons. The molecule has 0 spiro atoms. The number of hydrogen-bond acceptors (Lipinski definition) is 5. The van der Waals surface area contributed by atoms with E-state index in [0.717, 1.165) is 4.31 Å². The van der Waals surface area contributed by atoms with Gasteiger partial charge < -0.3 is 4.74 Å². The monoisotopic (exact) mass is 487 g/mol. The molecule has 0 aromatic heterocycles. The van der Waals surface area contributed by atoms with Gasteiger partial charge in [0.25, 0.3) is 11.8 Å². The van der Waals surface area contributed by atoms with Crippen LogP contribution in [0.1, 0.15) is 17.3 Å². The Hall–Kier alpha value is -2.50. The topological polar surface area (TPSA) is 105 Å². The summed E-state index contributed by atoms with van der Waals surface area (Å²) < 4.78 is 44.2. The number of carbonyl (C=O) groups is 2. The van der Waals surface area contributed by atoms with Gasteiger partial charge in [0.1, 0.15) is 11.6 Å². The summed E-state index contributed by atoms with van der Waals surface area (Å²) in [6.07, 6.45) is -0.977. The highest BCUT2D eigenvalue weighted by Gasteiger charge is 2.23. The van der Waals surface area contributed by atoms with Crippen molar-refractivity contribution < 1.29 is 27.1 Å². The molecule has 8 nitrogen and oxygen atoms in total. The van der Waals surface area contributed by atoms with Crippen molar-refractivity contribution in [1.82, 2.24) is 15.2 Å². The second-order valence-electron chi connectivity index (χ2n) is 6.09. The second-order valence-corrected chi connectivity index (χ2v) is 9.06. The molecule has 0 saturated carbocycles. The van der Waals surface area contributed by atoms with Crippen LogP contribution in [-0.4, -0.2) is 44.7 Å². The minimum Gasteiger partial charge on any atom is -0.481 e. The van der Waals surface area contributed by atoms with E-state index >= 15 is 0 Å². The average Bonchev–Trinajstić information content (AvgIpc) is 2.67. The van der Waals surface area contributed by atoms with Gasteiger partial charge in [-0.2, -0.15) is 0 Å². The summed E-state index contributed by atoms with van der Waals surface area (Å²) in [6, 6.07) is 9.13. The van der Waals surface area contributed by atoms with Crippen molar-refractivity contribution >= 4 is 37.8 Å². The molecule has 2 N–H and O–H groups in total. The summed E-state index contributed by atoms with van der Waals surface area (Å²) in [5, 5.41) is 0. The third-order valence-electron chi connectivity index (χ3n) is 3.75. The summed E-state index contributed by atoms with van der Waals surface area (Å²) in [6.45, 7) is 1.45. The Bertz CT molecular complexity index is 1010. The fourth-order valence-electron chi connectivity index (χ4n) is 2.10. The van der Waals surface area contributed by atoms with E-state index in [9.17, 15) is 22.4 Å². The first-order valence-electron chi connectivity index (χ1n) is 8.27. The number of rotatable bonds is 6. The van der Waals surface area contributed by atoms with Crippen molar-refractivity contribution in [1.29, 1.82) is 0 Å². The lowest BCUT2D eigenvalue weighted by atomic mass is 10.2. The maximum absolute atomic E-state index is 12.9. The van der Waals surface area contributed by atoms with Crippen LogP contribution >= 0.6 is 15.9 Å². The van der Waals surface area contributed by atoms with Crippen molar-refractivity contribution in [3.8, 4) is 5.75 Å². The van der Waals surface area contributed by atoms with E-state index in [1.54, 1.807) is 0 Å². The number of nitrogens with one attached hydrogen (secondary N) is 2. The first kappa shape index (κ1) is 22.8. The van der Waals surface area contributed by atoms with Crippen LogP contribution in [0.4, 0.5) is 4.39 Å².